The molecule has 1 aromatic rings. The van der Waals surface area contributed by atoms with E-state index in [0.29, 0.717) is 5.69 Å². The lowest BCUT2D eigenvalue weighted by atomic mass is 10.1. The van der Waals surface area contributed by atoms with Crippen molar-refractivity contribution in [2.45, 2.75) is 19.7 Å². The number of hydrogen-bond acceptors (Lipinski definition) is 4. The van der Waals surface area contributed by atoms with E-state index >= 15 is 0 Å². The molecule has 1 rings (SSSR count). The van der Waals surface area contributed by atoms with Gasteiger partial charge in [0.1, 0.15) is 0 Å². The van der Waals surface area contributed by atoms with E-state index in [-0.39, 0.29) is 5.56 Å². The van der Waals surface area contributed by atoms with E-state index in [0.717, 1.165) is 7.11 Å². The highest BCUT2D eigenvalue weighted by molar-refractivity contribution is 5.72. The minimum atomic E-state index is -4.95. The van der Waals surface area contributed by atoms with E-state index in [4.69, 9.17) is 5.11 Å². The number of pyridine rings is 1. The lowest BCUT2D eigenvalue weighted by Crippen LogP contribution is -2.20. The van der Waals surface area contributed by atoms with Gasteiger partial charge in [-0.05, 0) is 13.0 Å². The number of alkyl halides is 3. The molecule has 0 aliphatic carbocycles. The number of nitrogens with zero attached hydrogens (tertiary/aromatic N) is 1. The van der Waals surface area contributed by atoms with E-state index in [1.54, 1.807) is 0 Å². The highest BCUT2D eigenvalue weighted by Gasteiger charge is 2.34. The Morgan fingerprint density at radius 2 is 2.11 bits per heavy atom. The predicted octanol–water partition coefficient (Wildman–Crippen LogP) is 1.92. The first-order valence-electron chi connectivity index (χ1n) is 4.75. The molecule has 0 aliphatic heterocycles. The zero-order valence-electron chi connectivity index (χ0n) is 9.54. The van der Waals surface area contributed by atoms with Gasteiger partial charge >= 0.3 is 12.3 Å². The number of aromatic nitrogens is 1. The second-order valence-electron chi connectivity index (χ2n) is 3.38. The molecule has 0 unspecified atom stereocenters. The molecule has 0 saturated carbocycles. The second kappa shape index (κ2) is 5.11. The van der Waals surface area contributed by atoms with Crippen LogP contribution in [0.3, 0.4) is 0 Å². The third kappa shape index (κ3) is 3.79. The van der Waals surface area contributed by atoms with Crippen LogP contribution < -0.4 is 9.47 Å². The van der Waals surface area contributed by atoms with Crippen molar-refractivity contribution in [1.82, 2.24) is 4.98 Å². The molecule has 0 fully saturated rings. The van der Waals surface area contributed by atoms with E-state index in [2.05, 4.69) is 14.5 Å². The van der Waals surface area contributed by atoms with Gasteiger partial charge in [0.15, 0.2) is 5.75 Å². The molecule has 0 aromatic carbocycles. The average molecular weight is 265 g/mol. The SMILES string of the molecule is COc1nc(C)cc(CC(=O)O)c1OC(F)(F)F. The molecule has 1 N–H and O–H groups in total. The van der Waals surface area contributed by atoms with Crippen LogP contribution in [0.5, 0.6) is 11.6 Å². The molecule has 0 amide bonds. The highest BCUT2D eigenvalue weighted by Crippen LogP contribution is 2.34. The molecule has 100 valence electrons. The quantitative estimate of drug-likeness (QED) is 0.900. The largest absolute Gasteiger partial charge is 0.573 e. The molecule has 0 bridgehead atoms. The Balaban J connectivity index is 3.28. The number of aryl methyl sites for hydroxylation is 1. The molecule has 0 aliphatic rings. The topological polar surface area (TPSA) is 68.7 Å². The van der Waals surface area contributed by atoms with E-state index < -0.39 is 30.4 Å². The maximum absolute atomic E-state index is 12.2. The van der Waals surface area contributed by atoms with Gasteiger partial charge in [-0.15, -0.1) is 13.2 Å². The number of ether oxygens (including phenoxy) is 2. The molecule has 1 heterocycles. The lowest BCUT2D eigenvalue weighted by Gasteiger charge is -2.15. The van der Waals surface area contributed by atoms with Crippen molar-refractivity contribution in [3.05, 3.63) is 17.3 Å². The summed E-state index contributed by atoms with van der Waals surface area (Å²) in [7, 11) is 1.12. The number of hydrogen-bond donors (Lipinski definition) is 1. The van der Waals surface area contributed by atoms with Crippen LogP contribution in [0.1, 0.15) is 11.3 Å². The number of carbonyl (C=O) groups is 1. The monoisotopic (exact) mass is 265 g/mol. The zero-order valence-corrected chi connectivity index (χ0v) is 9.54. The maximum atomic E-state index is 12.2. The number of rotatable bonds is 4. The first-order chi connectivity index (χ1) is 8.23. The summed E-state index contributed by atoms with van der Waals surface area (Å²) in [5.74, 6) is -2.41. The van der Waals surface area contributed by atoms with Crippen LogP contribution in [0.4, 0.5) is 13.2 Å². The summed E-state index contributed by atoms with van der Waals surface area (Å²) in [4.78, 5) is 14.3. The fraction of sp³-hybridized carbons (Fsp3) is 0.400. The summed E-state index contributed by atoms with van der Waals surface area (Å²) < 4.78 is 45.1. The third-order valence-electron chi connectivity index (χ3n) is 1.90. The summed E-state index contributed by atoms with van der Waals surface area (Å²) in [6.07, 6.45) is -5.57. The minimum Gasteiger partial charge on any atom is -0.481 e. The Labute approximate surface area is 100 Å². The molecule has 0 radical (unpaired) electrons. The standard InChI is InChI=1S/C10H10F3NO4/c1-5-3-6(4-7(15)16)8(9(14-5)17-2)18-10(11,12)13/h3H,4H2,1-2H3,(H,15,16). The minimum absolute atomic E-state index is 0.149. The van der Waals surface area contributed by atoms with Crippen molar-refractivity contribution in [1.29, 1.82) is 0 Å². The Kier molecular flexibility index (Phi) is 4.00. The van der Waals surface area contributed by atoms with Gasteiger partial charge in [0.25, 0.3) is 5.88 Å². The van der Waals surface area contributed by atoms with E-state index in [9.17, 15) is 18.0 Å². The maximum Gasteiger partial charge on any atom is 0.573 e. The second-order valence-corrected chi connectivity index (χ2v) is 3.38. The molecule has 0 spiro atoms. The van der Waals surface area contributed by atoms with Crippen molar-refractivity contribution < 1.29 is 32.5 Å². The van der Waals surface area contributed by atoms with Crippen LogP contribution in [0.25, 0.3) is 0 Å². The number of carboxylic acids is 1. The third-order valence-corrected chi connectivity index (χ3v) is 1.90. The normalized spacial score (nSPS) is 11.2. The van der Waals surface area contributed by atoms with Crippen LogP contribution in [-0.2, 0) is 11.2 Å². The van der Waals surface area contributed by atoms with Crippen LogP contribution in [0, 0.1) is 6.92 Å². The molecule has 0 saturated heterocycles. The average Bonchev–Trinajstić information content (AvgIpc) is 2.19. The highest BCUT2D eigenvalue weighted by atomic mass is 19.4. The zero-order chi connectivity index (χ0) is 13.9. The van der Waals surface area contributed by atoms with Crippen LogP contribution >= 0.6 is 0 Å². The molecule has 8 heteroatoms. The molecular weight excluding hydrogens is 255 g/mol. The van der Waals surface area contributed by atoms with Crippen molar-refractivity contribution >= 4 is 5.97 Å². The molecular formula is C10H10F3NO4. The fourth-order valence-corrected chi connectivity index (χ4v) is 1.36. The summed E-state index contributed by atoms with van der Waals surface area (Å²) in [6.45, 7) is 1.51. The summed E-state index contributed by atoms with van der Waals surface area (Å²) in [5, 5.41) is 8.65. The number of carboxylic acid groups (broad SMARTS) is 1. The Morgan fingerprint density at radius 3 is 2.56 bits per heavy atom. The van der Waals surface area contributed by atoms with Crippen LogP contribution in [-0.4, -0.2) is 29.5 Å². The molecule has 5 nitrogen and oxygen atoms in total. The predicted molar refractivity (Wildman–Crippen MR) is 53.5 cm³/mol. The van der Waals surface area contributed by atoms with Crippen molar-refractivity contribution in [3.8, 4) is 11.6 Å². The molecule has 18 heavy (non-hydrogen) atoms. The summed E-state index contributed by atoms with van der Waals surface area (Å²) in [6, 6.07) is 1.21. The Bertz CT molecular complexity index is 459. The summed E-state index contributed by atoms with van der Waals surface area (Å²) in [5.41, 5.74) is 0.182. The van der Waals surface area contributed by atoms with Crippen molar-refractivity contribution in [2.24, 2.45) is 0 Å². The summed E-state index contributed by atoms with van der Waals surface area (Å²) >= 11 is 0. The molecule has 1 aromatic heterocycles. The van der Waals surface area contributed by atoms with Gasteiger partial charge in [-0.1, -0.05) is 0 Å². The number of aliphatic carboxylic acids is 1. The Morgan fingerprint density at radius 1 is 1.50 bits per heavy atom. The number of methoxy groups -OCH3 is 1. The number of halogens is 3. The van der Waals surface area contributed by atoms with Gasteiger partial charge < -0.3 is 14.6 Å². The lowest BCUT2D eigenvalue weighted by molar-refractivity contribution is -0.275. The smallest absolute Gasteiger partial charge is 0.481 e. The van der Waals surface area contributed by atoms with Gasteiger partial charge in [-0.3, -0.25) is 4.79 Å². The fourth-order valence-electron chi connectivity index (χ4n) is 1.36. The Hall–Kier alpha value is -1.99. The van der Waals surface area contributed by atoms with Gasteiger partial charge in [-0.2, -0.15) is 0 Å². The van der Waals surface area contributed by atoms with Crippen LogP contribution in [0.2, 0.25) is 0 Å². The van der Waals surface area contributed by atoms with Crippen molar-refractivity contribution in [3.63, 3.8) is 0 Å². The molecule has 0 atom stereocenters. The van der Waals surface area contributed by atoms with Gasteiger partial charge in [-0.25, -0.2) is 4.98 Å². The van der Waals surface area contributed by atoms with Crippen LogP contribution in [0.15, 0.2) is 6.07 Å². The first kappa shape index (κ1) is 14.1. The van der Waals surface area contributed by atoms with E-state index in [1.165, 1.54) is 13.0 Å². The first-order valence-corrected chi connectivity index (χ1v) is 4.75. The van der Waals surface area contributed by atoms with Gasteiger partial charge in [0.05, 0.1) is 13.5 Å². The van der Waals surface area contributed by atoms with Gasteiger partial charge in [0.2, 0.25) is 0 Å². The van der Waals surface area contributed by atoms with E-state index in [1.807, 2.05) is 0 Å². The van der Waals surface area contributed by atoms with Crippen molar-refractivity contribution in [2.75, 3.05) is 7.11 Å². The van der Waals surface area contributed by atoms with Gasteiger partial charge in [0, 0.05) is 11.3 Å².